The van der Waals surface area contributed by atoms with E-state index in [-0.39, 0.29) is 0 Å². The first kappa shape index (κ1) is 8.97. The monoisotopic (exact) mass is 159 g/mol. The normalized spacial score (nSPS) is 20.2. The van der Waals surface area contributed by atoms with Gasteiger partial charge in [-0.2, -0.15) is 5.48 Å². The van der Waals surface area contributed by atoms with Crippen LogP contribution in [0.25, 0.3) is 0 Å². The molecule has 3 heteroatoms. The molecule has 1 saturated carbocycles. The first-order valence-corrected chi connectivity index (χ1v) is 4.21. The Morgan fingerprint density at radius 1 is 1.45 bits per heavy atom. The summed E-state index contributed by atoms with van der Waals surface area (Å²) in [7, 11) is 1.67. The van der Waals surface area contributed by atoms with Gasteiger partial charge < -0.3 is 4.74 Å². The van der Waals surface area contributed by atoms with Gasteiger partial charge in [0.05, 0.1) is 13.2 Å². The summed E-state index contributed by atoms with van der Waals surface area (Å²) in [6.45, 7) is 3.45. The molecule has 3 nitrogen and oxygen atoms in total. The lowest BCUT2D eigenvalue weighted by molar-refractivity contribution is -0.0124. The van der Waals surface area contributed by atoms with E-state index in [2.05, 4.69) is 12.4 Å². The summed E-state index contributed by atoms with van der Waals surface area (Å²) in [5.41, 5.74) is 3.00. The maximum Gasteiger partial charge on any atom is 0.0915 e. The maximum atomic E-state index is 5.16. The summed E-state index contributed by atoms with van der Waals surface area (Å²) in [5, 5.41) is 0. The Balaban J connectivity index is 1.85. The van der Waals surface area contributed by atoms with Gasteiger partial charge in [0.1, 0.15) is 0 Å². The molecule has 0 aromatic heterocycles. The van der Waals surface area contributed by atoms with E-state index in [0.717, 1.165) is 5.92 Å². The molecule has 0 spiro atoms. The molecule has 0 aromatic rings. The predicted octanol–water partition coefficient (Wildman–Crippen LogP) is 0.952. The molecule has 1 N–H and O–H groups in total. The highest BCUT2D eigenvalue weighted by Gasteiger charge is 2.27. The molecular formula is C8H17NO2. The zero-order valence-electron chi connectivity index (χ0n) is 7.30. The Morgan fingerprint density at radius 2 is 2.18 bits per heavy atom. The van der Waals surface area contributed by atoms with Crippen molar-refractivity contribution in [2.45, 2.75) is 25.8 Å². The molecule has 0 radical (unpaired) electrons. The molecule has 1 aliphatic rings. The molecular weight excluding hydrogens is 142 g/mol. The minimum atomic E-state index is 0.506. The number of hydrogen-bond acceptors (Lipinski definition) is 3. The van der Waals surface area contributed by atoms with Crippen molar-refractivity contribution >= 4 is 0 Å². The molecule has 0 bridgehead atoms. The Kier molecular flexibility index (Phi) is 3.83. The van der Waals surface area contributed by atoms with Crippen molar-refractivity contribution in [2.24, 2.45) is 5.92 Å². The first-order chi connectivity index (χ1) is 5.34. The Morgan fingerprint density at radius 3 is 2.73 bits per heavy atom. The van der Waals surface area contributed by atoms with Gasteiger partial charge in [-0.25, -0.2) is 0 Å². The van der Waals surface area contributed by atoms with E-state index >= 15 is 0 Å². The van der Waals surface area contributed by atoms with Crippen LogP contribution in [0.5, 0.6) is 0 Å². The van der Waals surface area contributed by atoms with Crippen molar-refractivity contribution in [1.82, 2.24) is 5.48 Å². The fourth-order valence-corrected chi connectivity index (χ4v) is 1.01. The fraction of sp³-hybridized carbons (Fsp3) is 1.00. The van der Waals surface area contributed by atoms with Crippen molar-refractivity contribution in [3.8, 4) is 0 Å². The summed E-state index contributed by atoms with van der Waals surface area (Å²) in [4.78, 5) is 5.16. The molecule has 1 atom stereocenters. The minimum Gasteiger partial charge on any atom is -0.382 e. The summed E-state index contributed by atoms with van der Waals surface area (Å²) in [5.74, 6) is 0.845. The van der Waals surface area contributed by atoms with E-state index < -0.39 is 0 Å². The SMILES string of the molecule is COCCONC(C)C1CC1. The number of hydrogen-bond donors (Lipinski definition) is 1. The summed E-state index contributed by atoms with van der Waals surface area (Å²) in [6.07, 6.45) is 2.70. The molecule has 0 amide bonds. The maximum absolute atomic E-state index is 5.16. The first-order valence-electron chi connectivity index (χ1n) is 4.21. The van der Waals surface area contributed by atoms with Crippen LogP contribution in [0, 0.1) is 5.92 Å². The number of hydroxylamine groups is 1. The molecule has 1 aliphatic carbocycles. The van der Waals surface area contributed by atoms with E-state index in [0.29, 0.717) is 19.3 Å². The van der Waals surface area contributed by atoms with Crippen LogP contribution in [-0.4, -0.2) is 26.4 Å². The predicted molar refractivity (Wildman–Crippen MR) is 43.1 cm³/mol. The van der Waals surface area contributed by atoms with Crippen molar-refractivity contribution in [2.75, 3.05) is 20.3 Å². The van der Waals surface area contributed by atoms with Crippen molar-refractivity contribution in [3.05, 3.63) is 0 Å². The third kappa shape index (κ3) is 3.70. The number of rotatable bonds is 6. The van der Waals surface area contributed by atoms with Crippen LogP contribution in [0.4, 0.5) is 0 Å². The Labute approximate surface area is 68.0 Å². The van der Waals surface area contributed by atoms with E-state index in [1.54, 1.807) is 7.11 Å². The number of methoxy groups -OCH3 is 1. The largest absolute Gasteiger partial charge is 0.382 e. The minimum absolute atomic E-state index is 0.506. The molecule has 66 valence electrons. The van der Waals surface area contributed by atoms with Gasteiger partial charge in [0, 0.05) is 13.2 Å². The van der Waals surface area contributed by atoms with Crippen molar-refractivity contribution < 1.29 is 9.57 Å². The molecule has 1 fully saturated rings. The molecule has 0 aliphatic heterocycles. The van der Waals surface area contributed by atoms with Crippen LogP contribution in [-0.2, 0) is 9.57 Å². The standard InChI is InChI=1S/C8H17NO2/c1-7(8-3-4-8)9-11-6-5-10-2/h7-9H,3-6H2,1-2H3. The molecule has 1 rings (SSSR count). The van der Waals surface area contributed by atoms with Crippen LogP contribution < -0.4 is 5.48 Å². The van der Waals surface area contributed by atoms with Gasteiger partial charge >= 0.3 is 0 Å². The third-order valence-electron chi connectivity index (χ3n) is 1.99. The number of ether oxygens (including phenoxy) is 1. The van der Waals surface area contributed by atoms with Gasteiger partial charge in [0.2, 0.25) is 0 Å². The van der Waals surface area contributed by atoms with Crippen LogP contribution in [0.2, 0.25) is 0 Å². The highest BCUT2D eigenvalue weighted by molar-refractivity contribution is 4.81. The van der Waals surface area contributed by atoms with Gasteiger partial charge in [-0.3, -0.25) is 4.84 Å². The van der Waals surface area contributed by atoms with Crippen LogP contribution >= 0.6 is 0 Å². The number of nitrogens with one attached hydrogen (secondary N) is 1. The highest BCUT2D eigenvalue weighted by Crippen LogP contribution is 2.32. The zero-order valence-corrected chi connectivity index (χ0v) is 7.30. The van der Waals surface area contributed by atoms with Crippen LogP contribution in [0.1, 0.15) is 19.8 Å². The molecule has 1 unspecified atom stereocenters. The van der Waals surface area contributed by atoms with Crippen molar-refractivity contribution in [1.29, 1.82) is 0 Å². The lowest BCUT2D eigenvalue weighted by Crippen LogP contribution is -2.29. The second-order valence-corrected chi connectivity index (χ2v) is 3.09. The van der Waals surface area contributed by atoms with E-state index in [1.165, 1.54) is 12.8 Å². The van der Waals surface area contributed by atoms with Crippen molar-refractivity contribution in [3.63, 3.8) is 0 Å². The zero-order chi connectivity index (χ0) is 8.10. The van der Waals surface area contributed by atoms with E-state index in [9.17, 15) is 0 Å². The molecule has 11 heavy (non-hydrogen) atoms. The van der Waals surface area contributed by atoms with Gasteiger partial charge in [-0.05, 0) is 25.7 Å². The summed E-state index contributed by atoms with van der Waals surface area (Å²) >= 11 is 0. The topological polar surface area (TPSA) is 30.5 Å². The van der Waals surface area contributed by atoms with E-state index in [4.69, 9.17) is 9.57 Å². The Hall–Kier alpha value is -0.120. The second-order valence-electron chi connectivity index (χ2n) is 3.09. The van der Waals surface area contributed by atoms with Gasteiger partial charge in [-0.15, -0.1) is 0 Å². The summed E-state index contributed by atoms with van der Waals surface area (Å²) in [6, 6.07) is 0.506. The average molecular weight is 159 g/mol. The smallest absolute Gasteiger partial charge is 0.0915 e. The molecule has 0 aromatic carbocycles. The van der Waals surface area contributed by atoms with E-state index in [1.807, 2.05) is 0 Å². The van der Waals surface area contributed by atoms with Gasteiger partial charge in [0.15, 0.2) is 0 Å². The Bertz CT molecular complexity index is 104. The fourth-order valence-electron chi connectivity index (χ4n) is 1.01. The molecule has 0 heterocycles. The van der Waals surface area contributed by atoms with Gasteiger partial charge in [-0.1, -0.05) is 0 Å². The average Bonchev–Trinajstić information content (AvgIpc) is 2.79. The lowest BCUT2D eigenvalue weighted by Gasteiger charge is -2.11. The third-order valence-corrected chi connectivity index (χ3v) is 1.99. The summed E-state index contributed by atoms with van der Waals surface area (Å²) < 4.78 is 4.83. The van der Waals surface area contributed by atoms with Gasteiger partial charge in [0.25, 0.3) is 0 Å². The lowest BCUT2D eigenvalue weighted by atomic mass is 10.2. The second kappa shape index (κ2) is 4.70. The van der Waals surface area contributed by atoms with Crippen LogP contribution in [0.3, 0.4) is 0 Å². The molecule has 0 saturated heterocycles. The highest BCUT2D eigenvalue weighted by atomic mass is 16.7. The van der Waals surface area contributed by atoms with Crippen LogP contribution in [0.15, 0.2) is 0 Å². The quantitative estimate of drug-likeness (QED) is 0.462.